The van der Waals surface area contributed by atoms with Crippen LogP contribution in [0.15, 0.2) is 24.3 Å². The van der Waals surface area contributed by atoms with Gasteiger partial charge in [0.25, 0.3) is 5.91 Å². The summed E-state index contributed by atoms with van der Waals surface area (Å²) in [5.74, 6) is 1.42. The minimum Gasteiger partial charge on any atom is -0.494 e. The van der Waals surface area contributed by atoms with Crippen molar-refractivity contribution >= 4 is 5.91 Å². The van der Waals surface area contributed by atoms with E-state index in [2.05, 4.69) is 10.6 Å². The van der Waals surface area contributed by atoms with E-state index in [1.165, 1.54) is 0 Å². The van der Waals surface area contributed by atoms with Crippen molar-refractivity contribution in [2.24, 2.45) is 0 Å². The second kappa shape index (κ2) is 7.75. The Kier molecular flexibility index (Phi) is 5.68. The van der Waals surface area contributed by atoms with E-state index in [1.807, 2.05) is 31.2 Å². The lowest BCUT2D eigenvalue weighted by Gasteiger charge is -2.23. The van der Waals surface area contributed by atoms with E-state index >= 15 is 0 Å². The Morgan fingerprint density at radius 3 is 2.40 bits per heavy atom. The SMILES string of the molecule is CCOc1ccc(OCC(=O)NC2CCNCC2)cc1. The van der Waals surface area contributed by atoms with E-state index < -0.39 is 0 Å². The lowest BCUT2D eigenvalue weighted by Crippen LogP contribution is -2.44. The van der Waals surface area contributed by atoms with Crippen LogP contribution < -0.4 is 20.1 Å². The van der Waals surface area contributed by atoms with Crippen molar-refractivity contribution in [1.82, 2.24) is 10.6 Å². The van der Waals surface area contributed by atoms with Gasteiger partial charge in [-0.3, -0.25) is 4.79 Å². The zero-order valence-corrected chi connectivity index (χ0v) is 11.9. The number of ether oxygens (including phenoxy) is 2. The monoisotopic (exact) mass is 278 g/mol. The molecule has 2 N–H and O–H groups in total. The summed E-state index contributed by atoms with van der Waals surface area (Å²) in [6.07, 6.45) is 1.96. The summed E-state index contributed by atoms with van der Waals surface area (Å²) in [4.78, 5) is 11.8. The standard InChI is InChI=1S/C15H22N2O3/c1-2-19-13-3-5-14(6-4-13)20-11-15(18)17-12-7-9-16-10-8-12/h3-6,12,16H,2,7-11H2,1H3,(H,17,18). The highest BCUT2D eigenvalue weighted by molar-refractivity contribution is 5.77. The first-order chi connectivity index (χ1) is 9.78. The topological polar surface area (TPSA) is 59.6 Å². The lowest BCUT2D eigenvalue weighted by atomic mass is 10.1. The van der Waals surface area contributed by atoms with Gasteiger partial charge in [-0.1, -0.05) is 0 Å². The molecule has 1 aromatic rings. The highest BCUT2D eigenvalue weighted by atomic mass is 16.5. The molecule has 0 spiro atoms. The first kappa shape index (κ1) is 14.7. The van der Waals surface area contributed by atoms with E-state index in [0.29, 0.717) is 12.4 Å². The first-order valence-corrected chi connectivity index (χ1v) is 7.13. The molecule has 5 nitrogen and oxygen atoms in total. The molecule has 1 aliphatic heterocycles. The van der Waals surface area contributed by atoms with Gasteiger partial charge in [-0.05, 0) is 57.1 Å². The molecule has 1 aliphatic rings. The van der Waals surface area contributed by atoms with E-state index in [-0.39, 0.29) is 18.6 Å². The number of rotatable bonds is 6. The van der Waals surface area contributed by atoms with Crippen LogP contribution in [0, 0.1) is 0 Å². The van der Waals surface area contributed by atoms with Gasteiger partial charge in [0.1, 0.15) is 11.5 Å². The summed E-state index contributed by atoms with van der Waals surface area (Å²) in [5.41, 5.74) is 0. The third-order valence-electron chi connectivity index (χ3n) is 3.21. The number of carbonyl (C=O) groups excluding carboxylic acids is 1. The van der Waals surface area contributed by atoms with Crippen LogP contribution in [0.2, 0.25) is 0 Å². The fraction of sp³-hybridized carbons (Fsp3) is 0.533. The second-order valence-electron chi connectivity index (χ2n) is 4.78. The zero-order chi connectivity index (χ0) is 14.2. The molecule has 5 heteroatoms. The van der Waals surface area contributed by atoms with E-state index in [0.717, 1.165) is 31.7 Å². The number of hydrogen-bond donors (Lipinski definition) is 2. The molecule has 0 unspecified atom stereocenters. The Bertz CT molecular complexity index is 414. The molecule has 0 bridgehead atoms. The smallest absolute Gasteiger partial charge is 0.258 e. The van der Waals surface area contributed by atoms with Crippen LogP contribution >= 0.6 is 0 Å². The maximum absolute atomic E-state index is 11.8. The van der Waals surface area contributed by atoms with Gasteiger partial charge in [0.05, 0.1) is 6.61 Å². The average molecular weight is 278 g/mol. The van der Waals surface area contributed by atoms with Gasteiger partial charge in [0.15, 0.2) is 6.61 Å². The summed E-state index contributed by atoms with van der Waals surface area (Å²) in [6.45, 7) is 4.56. The first-order valence-electron chi connectivity index (χ1n) is 7.13. The predicted molar refractivity (Wildman–Crippen MR) is 77.1 cm³/mol. The van der Waals surface area contributed by atoms with E-state index in [1.54, 1.807) is 0 Å². The Labute approximate surface area is 119 Å². The number of piperidine rings is 1. The van der Waals surface area contributed by atoms with Crippen molar-refractivity contribution in [3.05, 3.63) is 24.3 Å². The summed E-state index contributed by atoms with van der Waals surface area (Å²) < 4.78 is 10.8. The Morgan fingerprint density at radius 2 is 1.80 bits per heavy atom. The molecular weight excluding hydrogens is 256 g/mol. The molecule has 0 radical (unpaired) electrons. The third kappa shape index (κ3) is 4.74. The van der Waals surface area contributed by atoms with Crippen molar-refractivity contribution in [3.8, 4) is 11.5 Å². The molecule has 0 aliphatic carbocycles. The minimum absolute atomic E-state index is 0.0535. The quantitative estimate of drug-likeness (QED) is 0.824. The summed E-state index contributed by atoms with van der Waals surface area (Å²) in [5, 5.41) is 6.26. The Balaban J connectivity index is 1.72. The van der Waals surface area contributed by atoms with E-state index in [4.69, 9.17) is 9.47 Å². The highest BCUT2D eigenvalue weighted by Gasteiger charge is 2.15. The third-order valence-corrected chi connectivity index (χ3v) is 3.21. The Morgan fingerprint density at radius 1 is 1.20 bits per heavy atom. The number of benzene rings is 1. The van der Waals surface area contributed by atoms with Crippen LogP contribution in [-0.2, 0) is 4.79 Å². The van der Waals surface area contributed by atoms with Gasteiger partial charge in [-0.2, -0.15) is 0 Å². The van der Waals surface area contributed by atoms with Crippen molar-refractivity contribution < 1.29 is 14.3 Å². The average Bonchev–Trinajstić information content (AvgIpc) is 2.48. The minimum atomic E-state index is -0.0641. The molecule has 20 heavy (non-hydrogen) atoms. The van der Waals surface area contributed by atoms with Crippen molar-refractivity contribution in [2.45, 2.75) is 25.8 Å². The van der Waals surface area contributed by atoms with Crippen LogP contribution in [0.3, 0.4) is 0 Å². The van der Waals surface area contributed by atoms with Gasteiger partial charge in [-0.25, -0.2) is 0 Å². The van der Waals surface area contributed by atoms with Crippen molar-refractivity contribution in [2.75, 3.05) is 26.3 Å². The Hall–Kier alpha value is -1.75. The van der Waals surface area contributed by atoms with Gasteiger partial charge >= 0.3 is 0 Å². The van der Waals surface area contributed by atoms with Crippen molar-refractivity contribution in [3.63, 3.8) is 0 Å². The van der Waals surface area contributed by atoms with Crippen LogP contribution in [0.25, 0.3) is 0 Å². The molecule has 110 valence electrons. The maximum Gasteiger partial charge on any atom is 0.258 e. The fourth-order valence-corrected chi connectivity index (χ4v) is 2.18. The number of amides is 1. The zero-order valence-electron chi connectivity index (χ0n) is 11.9. The molecule has 0 saturated carbocycles. The molecular formula is C15H22N2O3. The molecule has 0 atom stereocenters. The summed E-state index contributed by atoms with van der Waals surface area (Å²) in [7, 11) is 0. The van der Waals surface area contributed by atoms with Gasteiger partial charge in [0, 0.05) is 6.04 Å². The summed E-state index contributed by atoms with van der Waals surface area (Å²) in [6, 6.07) is 7.56. The van der Waals surface area contributed by atoms with Crippen LogP contribution in [0.4, 0.5) is 0 Å². The molecule has 1 amide bonds. The molecule has 1 saturated heterocycles. The fourth-order valence-electron chi connectivity index (χ4n) is 2.18. The largest absolute Gasteiger partial charge is 0.494 e. The van der Waals surface area contributed by atoms with Gasteiger partial charge < -0.3 is 20.1 Å². The van der Waals surface area contributed by atoms with E-state index in [9.17, 15) is 4.79 Å². The van der Waals surface area contributed by atoms with Gasteiger partial charge in [0.2, 0.25) is 0 Å². The molecule has 2 rings (SSSR count). The predicted octanol–water partition coefficient (Wildman–Crippen LogP) is 1.33. The van der Waals surface area contributed by atoms with Crippen LogP contribution in [-0.4, -0.2) is 38.3 Å². The molecule has 0 aromatic heterocycles. The second-order valence-corrected chi connectivity index (χ2v) is 4.78. The van der Waals surface area contributed by atoms with Crippen LogP contribution in [0.5, 0.6) is 11.5 Å². The molecule has 1 heterocycles. The normalized spacial score (nSPS) is 15.7. The maximum atomic E-state index is 11.8. The number of hydrogen-bond acceptors (Lipinski definition) is 4. The number of carbonyl (C=O) groups is 1. The molecule has 1 aromatic carbocycles. The summed E-state index contributed by atoms with van der Waals surface area (Å²) >= 11 is 0. The lowest BCUT2D eigenvalue weighted by molar-refractivity contribution is -0.123. The van der Waals surface area contributed by atoms with Gasteiger partial charge in [-0.15, -0.1) is 0 Å². The number of nitrogens with one attached hydrogen (secondary N) is 2. The highest BCUT2D eigenvalue weighted by Crippen LogP contribution is 2.17. The molecule has 1 fully saturated rings. The van der Waals surface area contributed by atoms with Crippen LogP contribution in [0.1, 0.15) is 19.8 Å². The van der Waals surface area contributed by atoms with Crippen molar-refractivity contribution in [1.29, 1.82) is 0 Å².